The van der Waals surface area contributed by atoms with E-state index in [1.54, 1.807) is 0 Å². The molecule has 0 aliphatic carbocycles. The summed E-state index contributed by atoms with van der Waals surface area (Å²) in [5, 5.41) is 3.91. The van der Waals surface area contributed by atoms with E-state index in [1.807, 2.05) is 24.3 Å². The van der Waals surface area contributed by atoms with Gasteiger partial charge in [0.05, 0.1) is 11.2 Å². The lowest BCUT2D eigenvalue weighted by Crippen LogP contribution is -2.31. The molecule has 0 saturated heterocycles. The van der Waals surface area contributed by atoms with Crippen LogP contribution in [0.2, 0.25) is 0 Å². The molecule has 5 aromatic rings. The van der Waals surface area contributed by atoms with Crippen molar-refractivity contribution in [2.45, 2.75) is 26.5 Å². The van der Waals surface area contributed by atoms with Gasteiger partial charge in [-0.25, -0.2) is 4.98 Å². The zero-order chi connectivity index (χ0) is 22.9. The number of benzene rings is 4. The van der Waals surface area contributed by atoms with Gasteiger partial charge in [0.15, 0.2) is 0 Å². The summed E-state index contributed by atoms with van der Waals surface area (Å²) in [7, 11) is 0. The van der Waals surface area contributed by atoms with Crippen molar-refractivity contribution in [2.24, 2.45) is 0 Å². The molecule has 1 aliphatic heterocycles. The molecular formula is C31H28N2O. The second-order valence-corrected chi connectivity index (χ2v) is 9.02. The summed E-state index contributed by atoms with van der Waals surface area (Å²) in [5.41, 5.74) is 7.26. The van der Waals surface area contributed by atoms with E-state index in [0.717, 1.165) is 48.6 Å². The van der Waals surface area contributed by atoms with Crippen LogP contribution < -0.4 is 4.74 Å². The summed E-state index contributed by atoms with van der Waals surface area (Å²) in [4.78, 5) is 7.77. The van der Waals surface area contributed by atoms with Crippen molar-refractivity contribution in [3.05, 3.63) is 108 Å². The highest BCUT2D eigenvalue weighted by Crippen LogP contribution is 2.38. The average Bonchev–Trinajstić information content (AvgIpc) is 2.91. The van der Waals surface area contributed by atoms with Crippen LogP contribution in [0.25, 0.3) is 32.9 Å². The molecule has 0 N–H and O–H groups in total. The van der Waals surface area contributed by atoms with E-state index in [4.69, 9.17) is 9.72 Å². The summed E-state index contributed by atoms with van der Waals surface area (Å²) in [6, 6.07) is 31.8. The van der Waals surface area contributed by atoms with Gasteiger partial charge in [0.1, 0.15) is 12.4 Å². The molecule has 1 aliphatic rings. The Morgan fingerprint density at radius 3 is 2.59 bits per heavy atom. The standard InChI is InChI=1S/C31H28N2O/c1-2-33-18-17-27-28(20-33)31(32-29-16-15-23-11-6-7-14-26(23)30(27)29)24-12-8-13-25(19-24)34-21-22-9-4-3-5-10-22/h3-16,19H,2,17-18,20-21H2,1H3. The molecule has 0 spiro atoms. The number of rotatable bonds is 5. The molecule has 0 bridgehead atoms. The molecule has 0 fully saturated rings. The second kappa shape index (κ2) is 8.92. The van der Waals surface area contributed by atoms with Crippen molar-refractivity contribution in [1.29, 1.82) is 0 Å². The molecule has 3 heteroatoms. The van der Waals surface area contributed by atoms with Crippen molar-refractivity contribution >= 4 is 21.7 Å². The van der Waals surface area contributed by atoms with E-state index in [2.05, 4.69) is 78.6 Å². The number of pyridine rings is 1. The van der Waals surface area contributed by atoms with Crippen molar-refractivity contribution in [3.8, 4) is 17.0 Å². The normalized spacial score (nSPS) is 13.8. The summed E-state index contributed by atoms with van der Waals surface area (Å²) in [6.07, 6.45) is 1.05. The number of ether oxygens (including phenoxy) is 1. The minimum atomic E-state index is 0.559. The molecule has 34 heavy (non-hydrogen) atoms. The van der Waals surface area contributed by atoms with Gasteiger partial charge < -0.3 is 4.74 Å². The molecule has 6 rings (SSSR count). The first-order chi connectivity index (χ1) is 16.8. The van der Waals surface area contributed by atoms with Crippen LogP contribution in [0, 0.1) is 0 Å². The van der Waals surface area contributed by atoms with E-state index in [-0.39, 0.29) is 0 Å². The van der Waals surface area contributed by atoms with Crippen LogP contribution >= 0.6 is 0 Å². The lowest BCUT2D eigenvalue weighted by molar-refractivity contribution is 0.269. The Labute approximate surface area is 200 Å². The van der Waals surface area contributed by atoms with E-state index < -0.39 is 0 Å². The zero-order valence-electron chi connectivity index (χ0n) is 19.5. The highest BCUT2D eigenvalue weighted by molar-refractivity contribution is 6.09. The molecule has 2 heterocycles. The highest BCUT2D eigenvalue weighted by atomic mass is 16.5. The topological polar surface area (TPSA) is 25.4 Å². The molecular weight excluding hydrogens is 416 g/mol. The van der Waals surface area contributed by atoms with Crippen LogP contribution in [0.4, 0.5) is 0 Å². The quantitative estimate of drug-likeness (QED) is 0.273. The summed E-state index contributed by atoms with van der Waals surface area (Å²) < 4.78 is 6.15. The number of fused-ring (bicyclic) bond motifs is 5. The van der Waals surface area contributed by atoms with Gasteiger partial charge in [-0.3, -0.25) is 4.90 Å². The Bertz CT molecular complexity index is 1480. The first-order valence-electron chi connectivity index (χ1n) is 12.1. The molecule has 0 amide bonds. The number of nitrogens with zero attached hydrogens (tertiary/aromatic N) is 2. The maximum absolute atomic E-state index is 6.15. The molecule has 3 nitrogen and oxygen atoms in total. The zero-order valence-corrected chi connectivity index (χ0v) is 19.5. The molecule has 0 radical (unpaired) electrons. The van der Waals surface area contributed by atoms with Gasteiger partial charge in [0.2, 0.25) is 0 Å². The Hall–Kier alpha value is -3.69. The van der Waals surface area contributed by atoms with Crippen molar-refractivity contribution in [3.63, 3.8) is 0 Å². The fourth-order valence-electron chi connectivity index (χ4n) is 5.15. The second-order valence-electron chi connectivity index (χ2n) is 9.02. The smallest absolute Gasteiger partial charge is 0.120 e. The van der Waals surface area contributed by atoms with E-state index in [9.17, 15) is 0 Å². The maximum atomic E-state index is 6.15. The molecule has 0 saturated carbocycles. The first-order valence-corrected chi connectivity index (χ1v) is 12.1. The van der Waals surface area contributed by atoms with E-state index in [1.165, 1.54) is 32.8 Å². The van der Waals surface area contributed by atoms with Gasteiger partial charge in [0.25, 0.3) is 0 Å². The van der Waals surface area contributed by atoms with Crippen molar-refractivity contribution < 1.29 is 4.74 Å². The largest absolute Gasteiger partial charge is 0.489 e. The van der Waals surface area contributed by atoms with Gasteiger partial charge in [-0.1, -0.05) is 79.7 Å². The van der Waals surface area contributed by atoms with Gasteiger partial charge in [0, 0.05) is 24.0 Å². The van der Waals surface area contributed by atoms with Gasteiger partial charge in [-0.15, -0.1) is 0 Å². The van der Waals surface area contributed by atoms with E-state index in [0.29, 0.717) is 6.61 Å². The fraction of sp³-hybridized carbons (Fsp3) is 0.194. The minimum Gasteiger partial charge on any atom is -0.489 e. The van der Waals surface area contributed by atoms with Crippen LogP contribution in [-0.4, -0.2) is 23.0 Å². The Morgan fingerprint density at radius 1 is 0.853 bits per heavy atom. The third-order valence-corrected chi connectivity index (χ3v) is 6.95. The van der Waals surface area contributed by atoms with Crippen LogP contribution in [0.1, 0.15) is 23.6 Å². The van der Waals surface area contributed by atoms with Gasteiger partial charge in [-0.2, -0.15) is 0 Å². The minimum absolute atomic E-state index is 0.559. The number of aromatic nitrogens is 1. The molecule has 1 aromatic heterocycles. The summed E-state index contributed by atoms with van der Waals surface area (Å²) >= 11 is 0. The molecule has 168 valence electrons. The Balaban J connectivity index is 1.47. The Kier molecular flexibility index (Phi) is 5.48. The predicted molar refractivity (Wildman–Crippen MR) is 140 cm³/mol. The third-order valence-electron chi connectivity index (χ3n) is 6.95. The van der Waals surface area contributed by atoms with E-state index >= 15 is 0 Å². The monoisotopic (exact) mass is 444 g/mol. The molecule has 0 unspecified atom stereocenters. The average molecular weight is 445 g/mol. The first kappa shape index (κ1) is 20.9. The van der Waals surface area contributed by atoms with Crippen LogP contribution in [0.15, 0.2) is 91.0 Å². The SMILES string of the molecule is CCN1CCc2c(c(-c3cccc(OCc4ccccc4)c3)nc3ccc4ccccc4c23)C1. The van der Waals surface area contributed by atoms with Crippen LogP contribution in [0.5, 0.6) is 5.75 Å². The Morgan fingerprint density at radius 2 is 1.71 bits per heavy atom. The fourth-order valence-corrected chi connectivity index (χ4v) is 5.15. The predicted octanol–water partition coefficient (Wildman–Crippen LogP) is 7.01. The van der Waals surface area contributed by atoms with Gasteiger partial charge in [-0.05, 0) is 58.6 Å². The van der Waals surface area contributed by atoms with Crippen molar-refractivity contribution in [2.75, 3.05) is 13.1 Å². The lowest BCUT2D eigenvalue weighted by Gasteiger charge is -2.30. The van der Waals surface area contributed by atoms with Gasteiger partial charge >= 0.3 is 0 Å². The highest BCUT2D eigenvalue weighted by Gasteiger charge is 2.24. The lowest BCUT2D eigenvalue weighted by atomic mass is 9.89. The third kappa shape index (κ3) is 3.82. The molecule has 4 aromatic carbocycles. The van der Waals surface area contributed by atoms with Crippen molar-refractivity contribution in [1.82, 2.24) is 9.88 Å². The molecule has 0 atom stereocenters. The maximum Gasteiger partial charge on any atom is 0.120 e. The summed E-state index contributed by atoms with van der Waals surface area (Å²) in [5.74, 6) is 0.874. The number of likely N-dealkylation sites (N-methyl/N-ethyl adjacent to an activating group) is 1. The number of hydrogen-bond acceptors (Lipinski definition) is 3. The number of hydrogen-bond donors (Lipinski definition) is 0. The van der Waals surface area contributed by atoms with Crippen LogP contribution in [-0.2, 0) is 19.6 Å². The summed E-state index contributed by atoms with van der Waals surface area (Å²) in [6.45, 7) is 5.87. The van der Waals surface area contributed by atoms with Crippen LogP contribution in [0.3, 0.4) is 0 Å².